The molecule has 0 bridgehead atoms. The van der Waals surface area contributed by atoms with Gasteiger partial charge in [-0.25, -0.2) is 5.43 Å². The molecule has 3 aromatic rings. The number of amides is 1. The SMILES string of the molecule is C=CCOc1c(Br)cc(/C=N/NC(=O)c2cc3cc(OCC)ccc3o2)cc1OCC. The molecule has 162 valence electrons. The van der Waals surface area contributed by atoms with Gasteiger partial charge in [-0.05, 0) is 71.7 Å². The van der Waals surface area contributed by atoms with Gasteiger partial charge in [-0.3, -0.25) is 4.79 Å². The molecule has 0 radical (unpaired) electrons. The maximum Gasteiger partial charge on any atom is 0.307 e. The molecule has 1 N–H and O–H groups in total. The largest absolute Gasteiger partial charge is 0.494 e. The molecule has 0 saturated carbocycles. The lowest BCUT2D eigenvalue weighted by molar-refractivity contribution is 0.0929. The Balaban J connectivity index is 1.72. The third kappa shape index (κ3) is 5.67. The van der Waals surface area contributed by atoms with Gasteiger partial charge in [0, 0.05) is 5.39 Å². The van der Waals surface area contributed by atoms with E-state index in [9.17, 15) is 4.79 Å². The zero-order chi connectivity index (χ0) is 22.2. The van der Waals surface area contributed by atoms with Crippen LogP contribution in [0.1, 0.15) is 30.0 Å². The fourth-order valence-electron chi connectivity index (χ4n) is 2.82. The lowest BCUT2D eigenvalue weighted by atomic mass is 10.2. The fraction of sp³-hybridized carbons (Fsp3) is 0.217. The number of fused-ring (bicyclic) bond motifs is 1. The van der Waals surface area contributed by atoms with E-state index in [1.807, 2.05) is 26.0 Å². The lowest BCUT2D eigenvalue weighted by Gasteiger charge is -2.13. The quantitative estimate of drug-likeness (QED) is 0.238. The van der Waals surface area contributed by atoms with E-state index in [-0.39, 0.29) is 5.76 Å². The highest BCUT2D eigenvalue weighted by Gasteiger charge is 2.13. The second kappa shape index (κ2) is 10.7. The number of hydrazone groups is 1. The minimum absolute atomic E-state index is 0.158. The fourth-order valence-corrected chi connectivity index (χ4v) is 3.39. The number of hydrogen-bond donors (Lipinski definition) is 1. The summed E-state index contributed by atoms with van der Waals surface area (Å²) in [6.45, 7) is 8.84. The Morgan fingerprint density at radius 2 is 1.97 bits per heavy atom. The van der Waals surface area contributed by atoms with Gasteiger partial charge in [-0.2, -0.15) is 5.10 Å². The maximum absolute atomic E-state index is 12.4. The van der Waals surface area contributed by atoms with Gasteiger partial charge in [0.05, 0.1) is 23.9 Å². The average Bonchev–Trinajstić information content (AvgIpc) is 3.17. The van der Waals surface area contributed by atoms with Crippen LogP contribution in [0.15, 0.2) is 63.0 Å². The smallest absolute Gasteiger partial charge is 0.307 e. The van der Waals surface area contributed by atoms with E-state index in [2.05, 4.69) is 33.0 Å². The van der Waals surface area contributed by atoms with Crippen LogP contribution < -0.4 is 19.6 Å². The summed E-state index contributed by atoms with van der Waals surface area (Å²) in [4.78, 5) is 12.4. The van der Waals surface area contributed by atoms with Gasteiger partial charge < -0.3 is 18.6 Å². The molecule has 0 fully saturated rings. The zero-order valence-electron chi connectivity index (χ0n) is 17.3. The molecule has 0 unspecified atom stereocenters. The Morgan fingerprint density at radius 3 is 2.71 bits per heavy atom. The van der Waals surface area contributed by atoms with Crippen LogP contribution in [-0.4, -0.2) is 31.9 Å². The van der Waals surface area contributed by atoms with Gasteiger partial charge >= 0.3 is 5.91 Å². The summed E-state index contributed by atoms with van der Waals surface area (Å²) in [5.74, 6) is 1.56. The topological polar surface area (TPSA) is 82.3 Å². The van der Waals surface area contributed by atoms with Gasteiger partial charge in [0.2, 0.25) is 0 Å². The van der Waals surface area contributed by atoms with E-state index in [1.165, 1.54) is 6.21 Å². The van der Waals surface area contributed by atoms with Crippen LogP contribution in [0.4, 0.5) is 0 Å². The van der Waals surface area contributed by atoms with Gasteiger partial charge in [-0.1, -0.05) is 12.7 Å². The van der Waals surface area contributed by atoms with Crippen molar-refractivity contribution in [1.29, 1.82) is 0 Å². The summed E-state index contributed by atoms with van der Waals surface area (Å²) in [7, 11) is 0. The molecule has 3 rings (SSSR count). The van der Waals surface area contributed by atoms with Crippen molar-refractivity contribution in [1.82, 2.24) is 5.43 Å². The molecular weight excluding hydrogens is 464 g/mol. The molecule has 31 heavy (non-hydrogen) atoms. The molecule has 2 aromatic carbocycles. The van der Waals surface area contributed by atoms with Crippen molar-refractivity contribution in [3.63, 3.8) is 0 Å². The van der Waals surface area contributed by atoms with E-state index in [0.29, 0.717) is 46.9 Å². The van der Waals surface area contributed by atoms with Crippen LogP contribution in [0.5, 0.6) is 17.2 Å². The standard InChI is InChI=1S/C23H23BrN2O5/c1-4-9-30-22-18(24)10-15(11-20(22)29-6-3)14-25-26-23(27)21-13-16-12-17(28-5-2)7-8-19(16)31-21/h4,7-8,10-14H,1,5-6,9H2,2-3H3,(H,26,27)/b25-14+. The first-order valence-corrected chi connectivity index (χ1v) is 10.5. The Bertz CT molecular complexity index is 1110. The van der Waals surface area contributed by atoms with Gasteiger partial charge in [-0.15, -0.1) is 0 Å². The predicted molar refractivity (Wildman–Crippen MR) is 123 cm³/mol. The summed E-state index contributed by atoms with van der Waals surface area (Å²) >= 11 is 3.48. The summed E-state index contributed by atoms with van der Waals surface area (Å²) < 4.78 is 23.1. The Kier molecular flexibility index (Phi) is 7.72. The summed E-state index contributed by atoms with van der Waals surface area (Å²) in [5, 5.41) is 4.80. The van der Waals surface area contributed by atoms with Gasteiger partial charge in [0.1, 0.15) is 17.9 Å². The molecule has 0 aliphatic carbocycles. The van der Waals surface area contributed by atoms with E-state index >= 15 is 0 Å². The molecule has 1 heterocycles. The summed E-state index contributed by atoms with van der Waals surface area (Å²) in [5.41, 5.74) is 3.78. The van der Waals surface area contributed by atoms with Crippen molar-refractivity contribution in [3.05, 3.63) is 64.8 Å². The highest BCUT2D eigenvalue weighted by Crippen LogP contribution is 2.36. The summed E-state index contributed by atoms with van der Waals surface area (Å²) in [6.07, 6.45) is 3.17. The zero-order valence-corrected chi connectivity index (χ0v) is 18.9. The Morgan fingerprint density at radius 1 is 1.16 bits per heavy atom. The maximum atomic E-state index is 12.4. The number of rotatable bonds is 10. The predicted octanol–water partition coefficient (Wildman–Crippen LogP) is 5.32. The Hall–Kier alpha value is -3.26. The number of furan rings is 1. The number of halogens is 1. The highest BCUT2D eigenvalue weighted by molar-refractivity contribution is 9.10. The monoisotopic (exact) mass is 486 g/mol. The minimum Gasteiger partial charge on any atom is -0.494 e. The number of nitrogens with zero attached hydrogens (tertiary/aromatic N) is 1. The Labute approximate surface area is 188 Å². The van der Waals surface area contributed by atoms with E-state index in [1.54, 1.807) is 30.3 Å². The van der Waals surface area contributed by atoms with Crippen molar-refractivity contribution < 1.29 is 23.4 Å². The third-order valence-corrected chi connectivity index (χ3v) is 4.67. The third-order valence-electron chi connectivity index (χ3n) is 4.08. The average molecular weight is 487 g/mol. The number of carbonyl (C=O) groups is 1. The normalized spacial score (nSPS) is 10.9. The first kappa shape index (κ1) is 22.4. The first-order chi connectivity index (χ1) is 15.0. The van der Waals surface area contributed by atoms with Crippen LogP contribution in [-0.2, 0) is 0 Å². The molecular formula is C23H23BrN2O5. The molecule has 0 saturated heterocycles. The number of benzene rings is 2. The van der Waals surface area contributed by atoms with Crippen molar-refractivity contribution in [2.24, 2.45) is 5.10 Å². The van der Waals surface area contributed by atoms with Crippen molar-refractivity contribution in [2.45, 2.75) is 13.8 Å². The first-order valence-electron chi connectivity index (χ1n) is 9.75. The molecule has 1 aromatic heterocycles. The number of hydrogen-bond acceptors (Lipinski definition) is 6. The van der Waals surface area contributed by atoms with Crippen molar-refractivity contribution >= 4 is 39.0 Å². The molecule has 8 heteroatoms. The second-order valence-electron chi connectivity index (χ2n) is 6.31. The van der Waals surface area contributed by atoms with E-state index in [4.69, 9.17) is 18.6 Å². The second-order valence-corrected chi connectivity index (χ2v) is 7.16. The molecule has 0 spiro atoms. The van der Waals surface area contributed by atoms with E-state index in [0.717, 1.165) is 11.1 Å². The van der Waals surface area contributed by atoms with Gasteiger partial charge in [0.15, 0.2) is 17.3 Å². The van der Waals surface area contributed by atoms with Crippen LogP contribution in [0, 0.1) is 0 Å². The molecule has 7 nitrogen and oxygen atoms in total. The number of carbonyl (C=O) groups excluding carboxylic acids is 1. The van der Waals surface area contributed by atoms with Crippen molar-refractivity contribution in [3.8, 4) is 17.2 Å². The number of nitrogens with one attached hydrogen (secondary N) is 1. The van der Waals surface area contributed by atoms with Crippen molar-refractivity contribution in [2.75, 3.05) is 19.8 Å². The van der Waals surface area contributed by atoms with Crippen LogP contribution in [0.2, 0.25) is 0 Å². The molecule has 1 amide bonds. The number of ether oxygens (including phenoxy) is 3. The van der Waals surface area contributed by atoms with Gasteiger partial charge in [0.25, 0.3) is 0 Å². The van der Waals surface area contributed by atoms with Crippen LogP contribution >= 0.6 is 15.9 Å². The summed E-state index contributed by atoms with van der Waals surface area (Å²) in [6, 6.07) is 10.6. The van der Waals surface area contributed by atoms with Crippen LogP contribution in [0.3, 0.4) is 0 Å². The molecule has 0 atom stereocenters. The van der Waals surface area contributed by atoms with E-state index < -0.39 is 5.91 Å². The molecule has 0 aliphatic rings. The van der Waals surface area contributed by atoms with Crippen LogP contribution in [0.25, 0.3) is 11.0 Å². The lowest BCUT2D eigenvalue weighted by Crippen LogP contribution is -2.16. The molecule has 0 aliphatic heterocycles. The highest BCUT2D eigenvalue weighted by atomic mass is 79.9. The minimum atomic E-state index is -0.458.